The van der Waals surface area contributed by atoms with E-state index in [-0.39, 0.29) is 0 Å². The minimum absolute atomic E-state index is 0.579. The first-order chi connectivity index (χ1) is 5.65. The van der Waals surface area contributed by atoms with E-state index < -0.39 is 0 Å². The van der Waals surface area contributed by atoms with Crippen molar-refractivity contribution in [1.29, 1.82) is 0 Å². The van der Waals surface area contributed by atoms with Gasteiger partial charge in [-0.15, -0.1) is 0 Å². The Morgan fingerprint density at radius 2 is 1.00 bits per heavy atom. The average molecular weight is 178 g/mol. The van der Waals surface area contributed by atoms with Gasteiger partial charge < -0.3 is 0 Å². The Morgan fingerprint density at radius 1 is 0.692 bits per heavy atom. The third-order valence-electron chi connectivity index (χ3n) is 8.24. The van der Waals surface area contributed by atoms with Gasteiger partial charge >= 0.3 is 0 Å². The molecule has 0 aliphatic heterocycles. The van der Waals surface area contributed by atoms with Crippen molar-refractivity contribution >= 4 is 0 Å². The normalized spacial score (nSPS) is 76.4. The van der Waals surface area contributed by atoms with Gasteiger partial charge in [0.15, 0.2) is 0 Å². The van der Waals surface area contributed by atoms with Crippen LogP contribution in [-0.4, -0.2) is 0 Å². The number of hydrogen-bond donors (Lipinski definition) is 0. The number of rotatable bonds is 0. The summed E-state index contributed by atoms with van der Waals surface area (Å²) in [5, 5.41) is 0. The molecule has 0 heteroatoms. The van der Waals surface area contributed by atoms with Crippen LogP contribution in [0.15, 0.2) is 0 Å². The van der Waals surface area contributed by atoms with Crippen LogP contribution in [0, 0.1) is 33.0 Å². The fourth-order valence-electron chi connectivity index (χ4n) is 6.58. The first kappa shape index (κ1) is 8.32. The minimum Gasteiger partial charge on any atom is -0.0614 e. The first-order valence-corrected chi connectivity index (χ1v) is 5.65. The van der Waals surface area contributed by atoms with Gasteiger partial charge in [-0.2, -0.15) is 0 Å². The quantitative estimate of drug-likeness (QED) is 0.530. The van der Waals surface area contributed by atoms with Crippen LogP contribution in [0.5, 0.6) is 0 Å². The lowest BCUT2D eigenvalue weighted by Gasteiger charge is -2.43. The molecule has 3 fully saturated rings. The van der Waals surface area contributed by atoms with E-state index in [4.69, 9.17) is 0 Å². The molecular formula is C13H22. The van der Waals surface area contributed by atoms with E-state index in [1.165, 1.54) is 0 Å². The molecule has 3 rings (SSSR count). The largest absolute Gasteiger partial charge is 0.0614 e. The monoisotopic (exact) mass is 178 g/mol. The lowest BCUT2D eigenvalue weighted by atomic mass is 9.60. The molecule has 0 bridgehead atoms. The summed E-state index contributed by atoms with van der Waals surface area (Å²) in [7, 11) is 0. The van der Waals surface area contributed by atoms with E-state index in [2.05, 4.69) is 48.5 Å². The van der Waals surface area contributed by atoms with E-state index in [0.29, 0.717) is 27.1 Å². The average Bonchev–Trinajstić information content (AvgIpc) is 2.62. The molecule has 0 aromatic carbocycles. The fraction of sp³-hybridized carbons (Fsp3) is 1.00. The number of hydrogen-bond acceptors (Lipinski definition) is 0. The van der Waals surface area contributed by atoms with Gasteiger partial charge in [-0.25, -0.2) is 0 Å². The van der Waals surface area contributed by atoms with Crippen molar-refractivity contribution in [2.24, 2.45) is 33.0 Å². The summed E-state index contributed by atoms with van der Waals surface area (Å²) in [5.74, 6) is 0.947. The van der Waals surface area contributed by atoms with Crippen LogP contribution in [-0.2, 0) is 0 Å². The summed E-state index contributed by atoms with van der Waals surface area (Å²) in [6.07, 6.45) is 0. The zero-order valence-corrected chi connectivity index (χ0v) is 10.1. The van der Waals surface area contributed by atoms with Crippen LogP contribution in [0.1, 0.15) is 48.5 Å². The fourth-order valence-corrected chi connectivity index (χ4v) is 6.58. The maximum Gasteiger partial charge on any atom is -0.0142 e. The Kier molecular flexibility index (Phi) is 0.853. The lowest BCUT2D eigenvalue weighted by molar-refractivity contribution is 0.0302. The highest BCUT2D eigenvalue weighted by Gasteiger charge is 3.08. The topological polar surface area (TPSA) is 0 Å². The standard InChI is InChI=1S/C13H22/c1-8-10(4)11(8,5)13(7)9(2,3)12(10,13)6/h8H,1-7H3. The maximum absolute atomic E-state index is 2.53. The van der Waals surface area contributed by atoms with E-state index in [1.807, 2.05) is 0 Å². The van der Waals surface area contributed by atoms with Crippen LogP contribution >= 0.6 is 0 Å². The summed E-state index contributed by atoms with van der Waals surface area (Å²) in [5.41, 5.74) is 3.13. The van der Waals surface area contributed by atoms with Crippen molar-refractivity contribution in [2.45, 2.75) is 48.5 Å². The molecule has 74 valence electrons. The van der Waals surface area contributed by atoms with E-state index in [0.717, 1.165) is 5.92 Å². The highest BCUT2D eigenvalue weighted by Crippen LogP contribution is 3.12. The second kappa shape index (κ2) is 1.33. The van der Waals surface area contributed by atoms with Crippen LogP contribution in [0.4, 0.5) is 0 Å². The Labute approximate surface area is 82.1 Å². The van der Waals surface area contributed by atoms with Crippen molar-refractivity contribution in [3.05, 3.63) is 0 Å². The van der Waals surface area contributed by atoms with Crippen molar-refractivity contribution in [3.8, 4) is 0 Å². The first-order valence-electron chi connectivity index (χ1n) is 5.65. The molecular weight excluding hydrogens is 156 g/mol. The molecule has 0 spiro atoms. The zero-order chi connectivity index (χ0) is 10.1. The van der Waals surface area contributed by atoms with Crippen LogP contribution in [0.3, 0.4) is 0 Å². The SMILES string of the molecule is CC1C2(C)C1(C)C1(C)C(C)(C)C21C. The van der Waals surface area contributed by atoms with E-state index >= 15 is 0 Å². The predicted molar refractivity (Wildman–Crippen MR) is 55.4 cm³/mol. The Hall–Kier alpha value is 0. The van der Waals surface area contributed by atoms with Gasteiger partial charge in [0.2, 0.25) is 0 Å². The Morgan fingerprint density at radius 3 is 1.23 bits per heavy atom. The molecule has 4 unspecified atom stereocenters. The molecule has 0 nitrogen and oxygen atoms in total. The molecule has 0 amide bonds. The molecule has 4 atom stereocenters. The molecule has 0 radical (unpaired) electrons. The predicted octanol–water partition coefficient (Wildman–Crippen LogP) is 3.71. The third-order valence-corrected chi connectivity index (χ3v) is 8.24. The van der Waals surface area contributed by atoms with Crippen LogP contribution in [0.2, 0.25) is 0 Å². The molecule has 0 heterocycles. The third kappa shape index (κ3) is 0.312. The van der Waals surface area contributed by atoms with Gasteiger partial charge in [-0.1, -0.05) is 48.5 Å². The lowest BCUT2D eigenvalue weighted by Crippen LogP contribution is -2.39. The molecule has 13 heavy (non-hydrogen) atoms. The molecule has 3 aliphatic rings. The van der Waals surface area contributed by atoms with E-state index in [9.17, 15) is 0 Å². The molecule has 0 N–H and O–H groups in total. The molecule has 0 aromatic heterocycles. The highest BCUT2D eigenvalue weighted by atomic mass is 15.1. The zero-order valence-electron chi connectivity index (χ0n) is 10.1. The van der Waals surface area contributed by atoms with E-state index in [1.54, 1.807) is 0 Å². The van der Waals surface area contributed by atoms with Gasteiger partial charge in [0.05, 0.1) is 0 Å². The summed E-state index contributed by atoms with van der Waals surface area (Å²) >= 11 is 0. The second-order valence-corrected chi connectivity index (χ2v) is 7.00. The number of fused-ring (bicyclic) bond motifs is 4. The smallest absolute Gasteiger partial charge is 0.0142 e. The second-order valence-electron chi connectivity index (χ2n) is 7.00. The summed E-state index contributed by atoms with van der Waals surface area (Å²) in [6, 6.07) is 0. The Balaban J connectivity index is 2.19. The van der Waals surface area contributed by atoms with Gasteiger partial charge in [-0.3, -0.25) is 0 Å². The van der Waals surface area contributed by atoms with Gasteiger partial charge in [0.25, 0.3) is 0 Å². The van der Waals surface area contributed by atoms with Crippen molar-refractivity contribution in [2.75, 3.05) is 0 Å². The minimum atomic E-state index is 0.579. The molecule has 3 saturated carbocycles. The Bertz CT molecular complexity index is 299. The maximum atomic E-state index is 2.53. The molecule has 0 saturated heterocycles. The van der Waals surface area contributed by atoms with Crippen LogP contribution < -0.4 is 0 Å². The molecule has 0 aromatic rings. The summed E-state index contributed by atoms with van der Waals surface area (Å²) < 4.78 is 0. The van der Waals surface area contributed by atoms with Crippen molar-refractivity contribution in [3.63, 3.8) is 0 Å². The molecule has 3 aliphatic carbocycles. The van der Waals surface area contributed by atoms with Crippen molar-refractivity contribution < 1.29 is 0 Å². The van der Waals surface area contributed by atoms with Gasteiger partial charge in [-0.05, 0) is 33.0 Å². The van der Waals surface area contributed by atoms with Gasteiger partial charge in [0, 0.05) is 0 Å². The highest BCUT2D eigenvalue weighted by molar-refractivity contribution is 5.54. The van der Waals surface area contributed by atoms with Crippen molar-refractivity contribution in [1.82, 2.24) is 0 Å². The van der Waals surface area contributed by atoms with Crippen LogP contribution in [0.25, 0.3) is 0 Å². The van der Waals surface area contributed by atoms with Gasteiger partial charge in [0.1, 0.15) is 0 Å². The summed E-state index contributed by atoms with van der Waals surface area (Å²) in [6.45, 7) is 17.5. The summed E-state index contributed by atoms with van der Waals surface area (Å²) in [4.78, 5) is 0.